The molecule has 0 bridgehead atoms. The first-order valence-electron chi connectivity index (χ1n) is 9.53. The summed E-state index contributed by atoms with van der Waals surface area (Å²) in [5, 5.41) is 11.6. The van der Waals surface area contributed by atoms with E-state index in [-0.39, 0.29) is 0 Å². The predicted molar refractivity (Wildman–Crippen MR) is 113 cm³/mol. The Kier molecular flexibility index (Phi) is 6.78. The topological polar surface area (TPSA) is 63.2 Å². The van der Waals surface area contributed by atoms with Gasteiger partial charge >= 0.3 is 0 Å². The summed E-state index contributed by atoms with van der Waals surface area (Å²) >= 11 is 0. The van der Waals surface area contributed by atoms with E-state index in [9.17, 15) is 0 Å². The van der Waals surface area contributed by atoms with E-state index in [2.05, 4.69) is 69.6 Å². The molecular formula is C22H27N5O. The SMILES string of the molecule is COc1ccccc1CCNc1nncc(N(Cc2ccccc2)C(C)C)n1. The van der Waals surface area contributed by atoms with Crippen LogP contribution in [-0.4, -0.2) is 34.9 Å². The van der Waals surface area contributed by atoms with Gasteiger partial charge in [-0.3, -0.25) is 0 Å². The second-order valence-electron chi connectivity index (χ2n) is 6.83. The summed E-state index contributed by atoms with van der Waals surface area (Å²) in [6, 6.07) is 18.7. The van der Waals surface area contributed by atoms with Crippen molar-refractivity contribution in [2.45, 2.75) is 32.9 Å². The third-order valence-corrected chi connectivity index (χ3v) is 4.53. The van der Waals surface area contributed by atoms with E-state index in [1.54, 1.807) is 13.3 Å². The van der Waals surface area contributed by atoms with Crippen LogP contribution in [0.3, 0.4) is 0 Å². The van der Waals surface area contributed by atoms with Gasteiger partial charge in [-0.05, 0) is 37.5 Å². The number of methoxy groups -OCH3 is 1. The highest BCUT2D eigenvalue weighted by Gasteiger charge is 2.14. The van der Waals surface area contributed by atoms with Crippen molar-refractivity contribution in [3.63, 3.8) is 0 Å². The quantitative estimate of drug-likeness (QED) is 0.609. The fraction of sp³-hybridized carbons (Fsp3) is 0.318. The van der Waals surface area contributed by atoms with Gasteiger partial charge in [-0.1, -0.05) is 48.5 Å². The van der Waals surface area contributed by atoms with Crippen molar-refractivity contribution in [1.82, 2.24) is 15.2 Å². The summed E-state index contributed by atoms with van der Waals surface area (Å²) in [4.78, 5) is 6.89. The molecule has 1 aromatic heterocycles. The molecular weight excluding hydrogens is 350 g/mol. The van der Waals surface area contributed by atoms with Gasteiger partial charge in [0.1, 0.15) is 5.75 Å². The molecule has 2 aromatic carbocycles. The lowest BCUT2D eigenvalue weighted by molar-refractivity contribution is 0.410. The van der Waals surface area contributed by atoms with Gasteiger partial charge in [0.25, 0.3) is 0 Å². The highest BCUT2D eigenvalue weighted by molar-refractivity contribution is 5.42. The van der Waals surface area contributed by atoms with Crippen LogP contribution >= 0.6 is 0 Å². The summed E-state index contributed by atoms with van der Waals surface area (Å²) in [7, 11) is 1.69. The zero-order valence-corrected chi connectivity index (χ0v) is 16.7. The van der Waals surface area contributed by atoms with Gasteiger partial charge in [-0.25, -0.2) is 0 Å². The maximum atomic E-state index is 5.40. The molecule has 28 heavy (non-hydrogen) atoms. The normalized spacial score (nSPS) is 10.7. The molecule has 6 nitrogen and oxygen atoms in total. The van der Waals surface area contributed by atoms with Crippen LogP contribution < -0.4 is 15.0 Å². The molecule has 0 amide bonds. The van der Waals surface area contributed by atoms with E-state index in [1.165, 1.54) is 5.56 Å². The molecule has 0 spiro atoms. The first kappa shape index (κ1) is 19.6. The molecule has 146 valence electrons. The molecule has 0 aliphatic rings. The average Bonchev–Trinajstić information content (AvgIpc) is 2.73. The number of hydrogen-bond donors (Lipinski definition) is 1. The highest BCUT2D eigenvalue weighted by Crippen LogP contribution is 2.19. The van der Waals surface area contributed by atoms with E-state index in [1.807, 2.05) is 24.3 Å². The van der Waals surface area contributed by atoms with E-state index >= 15 is 0 Å². The van der Waals surface area contributed by atoms with Gasteiger partial charge in [0.05, 0.1) is 13.3 Å². The van der Waals surface area contributed by atoms with Crippen LogP contribution in [0.25, 0.3) is 0 Å². The lowest BCUT2D eigenvalue weighted by atomic mass is 10.1. The smallest absolute Gasteiger partial charge is 0.244 e. The highest BCUT2D eigenvalue weighted by atomic mass is 16.5. The van der Waals surface area contributed by atoms with Crippen molar-refractivity contribution in [3.05, 3.63) is 71.9 Å². The van der Waals surface area contributed by atoms with Crippen molar-refractivity contribution in [2.24, 2.45) is 0 Å². The number of nitrogens with one attached hydrogen (secondary N) is 1. The van der Waals surface area contributed by atoms with E-state index in [0.717, 1.165) is 30.1 Å². The van der Waals surface area contributed by atoms with Gasteiger partial charge in [-0.15, -0.1) is 5.10 Å². The minimum Gasteiger partial charge on any atom is -0.496 e. The Balaban J connectivity index is 1.66. The second-order valence-corrected chi connectivity index (χ2v) is 6.83. The fourth-order valence-electron chi connectivity index (χ4n) is 3.03. The largest absolute Gasteiger partial charge is 0.496 e. The van der Waals surface area contributed by atoms with Gasteiger partial charge in [0.15, 0.2) is 5.82 Å². The number of hydrogen-bond acceptors (Lipinski definition) is 6. The number of rotatable bonds is 9. The third kappa shape index (κ3) is 5.19. The monoisotopic (exact) mass is 377 g/mol. The summed E-state index contributed by atoms with van der Waals surface area (Å²) in [5.74, 6) is 2.24. The standard InChI is InChI=1S/C22H27N5O/c1-17(2)27(16-18-9-5-4-6-10-18)21-15-24-26-22(25-21)23-14-13-19-11-7-8-12-20(19)28-3/h4-12,15,17H,13-14,16H2,1-3H3,(H,23,25,26). The predicted octanol–water partition coefficient (Wildman–Crippen LogP) is 3.95. The van der Waals surface area contributed by atoms with Gasteiger partial charge in [0, 0.05) is 19.1 Å². The maximum Gasteiger partial charge on any atom is 0.244 e. The molecule has 0 saturated heterocycles. The first-order valence-corrected chi connectivity index (χ1v) is 9.53. The minimum atomic E-state index is 0.290. The summed E-state index contributed by atoms with van der Waals surface area (Å²) in [6.07, 6.45) is 2.53. The molecule has 0 saturated carbocycles. The Labute approximate surface area is 166 Å². The lowest BCUT2D eigenvalue weighted by Gasteiger charge is -2.27. The van der Waals surface area contributed by atoms with E-state index < -0.39 is 0 Å². The summed E-state index contributed by atoms with van der Waals surface area (Å²) < 4.78 is 5.40. The average molecular weight is 377 g/mol. The number of anilines is 2. The Hall–Kier alpha value is -3.15. The van der Waals surface area contributed by atoms with Crippen LogP contribution in [0.15, 0.2) is 60.8 Å². The molecule has 1 heterocycles. The number of para-hydroxylation sites is 1. The minimum absolute atomic E-state index is 0.290. The second kappa shape index (κ2) is 9.69. The molecule has 0 unspecified atom stereocenters. The van der Waals surface area contributed by atoms with Gasteiger partial charge in [-0.2, -0.15) is 10.1 Å². The van der Waals surface area contributed by atoms with Gasteiger partial charge in [0.2, 0.25) is 5.95 Å². The fourth-order valence-corrected chi connectivity index (χ4v) is 3.03. The van der Waals surface area contributed by atoms with E-state index in [4.69, 9.17) is 4.74 Å². The molecule has 3 rings (SSSR count). The van der Waals surface area contributed by atoms with Crippen LogP contribution in [0.1, 0.15) is 25.0 Å². The van der Waals surface area contributed by atoms with Gasteiger partial charge < -0.3 is 15.0 Å². The summed E-state index contributed by atoms with van der Waals surface area (Å²) in [5.41, 5.74) is 2.38. The molecule has 3 aromatic rings. The maximum absolute atomic E-state index is 5.40. The lowest BCUT2D eigenvalue weighted by Crippen LogP contribution is -2.31. The van der Waals surface area contributed by atoms with Crippen molar-refractivity contribution < 1.29 is 4.74 Å². The number of aromatic nitrogens is 3. The zero-order chi connectivity index (χ0) is 19.8. The first-order chi connectivity index (χ1) is 13.7. The molecule has 0 fully saturated rings. The van der Waals surface area contributed by atoms with Crippen LogP contribution in [0, 0.1) is 0 Å². The molecule has 0 atom stereocenters. The van der Waals surface area contributed by atoms with Crippen LogP contribution in [0.5, 0.6) is 5.75 Å². The van der Waals surface area contributed by atoms with Crippen molar-refractivity contribution in [2.75, 3.05) is 23.9 Å². The zero-order valence-electron chi connectivity index (χ0n) is 16.7. The molecule has 0 aliphatic heterocycles. The summed E-state index contributed by atoms with van der Waals surface area (Å²) in [6.45, 7) is 5.78. The molecule has 0 aliphatic carbocycles. The number of benzene rings is 2. The van der Waals surface area contributed by atoms with Crippen molar-refractivity contribution >= 4 is 11.8 Å². The third-order valence-electron chi connectivity index (χ3n) is 4.53. The van der Waals surface area contributed by atoms with Crippen molar-refractivity contribution in [1.29, 1.82) is 0 Å². The number of nitrogens with zero attached hydrogens (tertiary/aromatic N) is 4. The Morgan fingerprint density at radius 2 is 1.79 bits per heavy atom. The van der Waals surface area contributed by atoms with Crippen molar-refractivity contribution in [3.8, 4) is 5.75 Å². The number of ether oxygens (including phenoxy) is 1. The molecule has 6 heteroatoms. The molecule has 1 N–H and O–H groups in total. The Bertz CT molecular complexity index is 870. The Morgan fingerprint density at radius 1 is 1.04 bits per heavy atom. The van der Waals surface area contributed by atoms with Crippen LogP contribution in [-0.2, 0) is 13.0 Å². The Morgan fingerprint density at radius 3 is 2.54 bits per heavy atom. The molecule has 0 radical (unpaired) electrons. The van der Waals surface area contributed by atoms with Crippen LogP contribution in [0.4, 0.5) is 11.8 Å². The van der Waals surface area contributed by atoms with Crippen LogP contribution in [0.2, 0.25) is 0 Å². The van der Waals surface area contributed by atoms with E-state index in [0.29, 0.717) is 18.5 Å².